The van der Waals surface area contributed by atoms with Crippen LogP contribution in [0.5, 0.6) is 11.5 Å². The van der Waals surface area contributed by atoms with E-state index >= 15 is 0 Å². The molecule has 0 bridgehead atoms. The van der Waals surface area contributed by atoms with Gasteiger partial charge in [-0.1, -0.05) is 18.2 Å². The van der Waals surface area contributed by atoms with Gasteiger partial charge in [0, 0.05) is 11.3 Å². The van der Waals surface area contributed by atoms with Crippen LogP contribution < -0.4 is 19.5 Å². The number of carbonyl (C=O) groups is 1. The smallest absolute Gasteiger partial charge is 0.262 e. The summed E-state index contributed by atoms with van der Waals surface area (Å²) in [6.45, 7) is 0. The minimum atomic E-state index is -3.81. The number of ether oxygens (including phenoxy) is 2. The van der Waals surface area contributed by atoms with E-state index in [1.54, 1.807) is 48.5 Å². The van der Waals surface area contributed by atoms with Gasteiger partial charge in [-0.3, -0.25) is 9.52 Å². The predicted molar refractivity (Wildman–Crippen MR) is 111 cm³/mol. The van der Waals surface area contributed by atoms with Gasteiger partial charge >= 0.3 is 0 Å². The summed E-state index contributed by atoms with van der Waals surface area (Å²) in [4.78, 5) is 12.4. The van der Waals surface area contributed by atoms with Crippen LogP contribution in [0, 0.1) is 0 Å². The number of amides is 1. The van der Waals surface area contributed by atoms with Crippen molar-refractivity contribution < 1.29 is 22.7 Å². The Morgan fingerprint density at radius 2 is 1.59 bits per heavy atom. The van der Waals surface area contributed by atoms with Gasteiger partial charge in [-0.15, -0.1) is 0 Å². The number of para-hydroxylation sites is 2. The number of nitrogens with one attached hydrogen (secondary N) is 2. The van der Waals surface area contributed by atoms with Gasteiger partial charge in [0.2, 0.25) is 0 Å². The lowest BCUT2D eigenvalue weighted by atomic mass is 10.2. The monoisotopic (exact) mass is 412 g/mol. The maximum Gasteiger partial charge on any atom is 0.262 e. The minimum absolute atomic E-state index is 0.0581. The van der Waals surface area contributed by atoms with E-state index in [9.17, 15) is 13.2 Å². The SMILES string of the molecule is COc1cccc(C(=O)Nc2ccc(S(=O)(=O)Nc3ccccc3OC)cc2)c1. The summed E-state index contributed by atoms with van der Waals surface area (Å²) < 4.78 is 38.0. The van der Waals surface area contributed by atoms with Crippen LogP contribution in [0.4, 0.5) is 11.4 Å². The number of carbonyl (C=O) groups excluding carboxylic acids is 1. The average Bonchev–Trinajstić information content (AvgIpc) is 2.74. The Balaban J connectivity index is 1.74. The Hall–Kier alpha value is -3.52. The van der Waals surface area contributed by atoms with E-state index in [0.717, 1.165) is 0 Å². The van der Waals surface area contributed by atoms with Gasteiger partial charge in [0.1, 0.15) is 11.5 Å². The molecule has 8 heteroatoms. The fraction of sp³-hybridized carbons (Fsp3) is 0.0952. The molecular weight excluding hydrogens is 392 g/mol. The summed E-state index contributed by atoms with van der Waals surface area (Å²) in [5.41, 5.74) is 1.23. The normalized spacial score (nSPS) is 10.8. The molecule has 7 nitrogen and oxygen atoms in total. The topological polar surface area (TPSA) is 93.7 Å². The summed E-state index contributed by atoms with van der Waals surface area (Å²) in [5.74, 6) is 0.659. The van der Waals surface area contributed by atoms with Crippen molar-refractivity contribution in [2.45, 2.75) is 4.90 Å². The van der Waals surface area contributed by atoms with E-state index in [1.165, 1.54) is 38.5 Å². The molecule has 1 amide bonds. The summed E-state index contributed by atoms with van der Waals surface area (Å²) in [7, 11) is -0.823. The van der Waals surface area contributed by atoms with E-state index in [2.05, 4.69) is 10.0 Å². The van der Waals surface area contributed by atoms with E-state index in [0.29, 0.717) is 28.4 Å². The fourth-order valence-electron chi connectivity index (χ4n) is 2.62. The number of anilines is 2. The molecule has 0 aliphatic carbocycles. The third-order valence-electron chi connectivity index (χ3n) is 4.11. The van der Waals surface area contributed by atoms with Crippen molar-refractivity contribution in [1.82, 2.24) is 0 Å². The van der Waals surface area contributed by atoms with Gasteiger partial charge in [-0.25, -0.2) is 8.42 Å². The Kier molecular flexibility index (Phi) is 6.04. The Bertz CT molecular complexity index is 1110. The Labute approximate surface area is 169 Å². The van der Waals surface area contributed by atoms with Crippen LogP contribution in [-0.4, -0.2) is 28.5 Å². The number of rotatable bonds is 7. The van der Waals surface area contributed by atoms with Crippen LogP contribution in [-0.2, 0) is 10.0 Å². The molecule has 0 heterocycles. The molecule has 0 radical (unpaired) electrons. The van der Waals surface area contributed by atoms with Gasteiger partial charge in [-0.2, -0.15) is 0 Å². The van der Waals surface area contributed by atoms with Gasteiger partial charge in [0.05, 0.1) is 24.8 Å². The minimum Gasteiger partial charge on any atom is -0.497 e. The number of hydrogen-bond acceptors (Lipinski definition) is 5. The van der Waals surface area contributed by atoms with Gasteiger partial charge in [-0.05, 0) is 54.6 Å². The molecule has 0 aliphatic heterocycles. The molecule has 0 atom stereocenters. The fourth-order valence-corrected chi connectivity index (χ4v) is 3.69. The zero-order valence-corrected chi connectivity index (χ0v) is 16.7. The second kappa shape index (κ2) is 8.66. The maximum absolute atomic E-state index is 12.6. The summed E-state index contributed by atoms with van der Waals surface area (Å²) in [6, 6.07) is 19.3. The highest BCUT2D eigenvalue weighted by atomic mass is 32.2. The molecule has 3 aromatic rings. The molecule has 0 unspecified atom stereocenters. The molecule has 2 N–H and O–H groups in total. The third kappa shape index (κ3) is 4.85. The molecule has 0 saturated heterocycles. The van der Waals surface area contributed by atoms with Crippen molar-refractivity contribution in [2.24, 2.45) is 0 Å². The zero-order chi connectivity index (χ0) is 20.9. The lowest BCUT2D eigenvalue weighted by molar-refractivity contribution is 0.102. The van der Waals surface area contributed by atoms with Crippen molar-refractivity contribution >= 4 is 27.3 Å². The zero-order valence-electron chi connectivity index (χ0n) is 15.9. The van der Waals surface area contributed by atoms with Crippen LogP contribution >= 0.6 is 0 Å². The highest BCUT2D eigenvalue weighted by Gasteiger charge is 2.16. The molecule has 0 saturated carbocycles. The van der Waals surface area contributed by atoms with Crippen molar-refractivity contribution in [3.63, 3.8) is 0 Å². The third-order valence-corrected chi connectivity index (χ3v) is 5.49. The van der Waals surface area contributed by atoms with Crippen molar-refractivity contribution in [2.75, 3.05) is 24.3 Å². The van der Waals surface area contributed by atoms with E-state index in [4.69, 9.17) is 9.47 Å². The summed E-state index contributed by atoms with van der Waals surface area (Å²) in [5, 5.41) is 2.73. The first-order chi connectivity index (χ1) is 13.9. The van der Waals surface area contributed by atoms with Gasteiger partial charge in [0.15, 0.2) is 0 Å². The lowest BCUT2D eigenvalue weighted by Crippen LogP contribution is -2.14. The van der Waals surface area contributed by atoms with E-state index < -0.39 is 10.0 Å². The highest BCUT2D eigenvalue weighted by molar-refractivity contribution is 7.92. The number of methoxy groups -OCH3 is 2. The number of sulfonamides is 1. The number of hydrogen-bond donors (Lipinski definition) is 2. The van der Waals surface area contributed by atoms with Crippen LogP contribution in [0.15, 0.2) is 77.7 Å². The molecule has 150 valence electrons. The molecule has 3 aromatic carbocycles. The largest absolute Gasteiger partial charge is 0.497 e. The molecule has 0 spiro atoms. The van der Waals surface area contributed by atoms with Crippen molar-refractivity contribution in [3.8, 4) is 11.5 Å². The van der Waals surface area contributed by atoms with Crippen molar-refractivity contribution in [3.05, 3.63) is 78.4 Å². The van der Waals surface area contributed by atoms with Gasteiger partial charge < -0.3 is 14.8 Å². The molecule has 0 aromatic heterocycles. The second-order valence-corrected chi connectivity index (χ2v) is 7.70. The first-order valence-electron chi connectivity index (χ1n) is 8.64. The highest BCUT2D eigenvalue weighted by Crippen LogP contribution is 2.26. The van der Waals surface area contributed by atoms with Crippen LogP contribution in [0.25, 0.3) is 0 Å². The first kappa shape index (κ1) is 20.2. The quantitative estimate of drug-likeness (QED) is 0.616. The standard InChI is InChI=1S/C21H20N2O5S/c1-27-17-7-5-6-15(14-17)21(24)22-16-10-12-18(13-11-16)29(25,26)23-19-8-3-4-9-20(19)28-2/h3-14,23H,1-2H3,(H,22,24). The first-order valence-corrected chi connectivity index (χ1v) is 10.1. The van der Waals surface area contributed by atoms with Crippen LogP contribution in [0.1, 0.15) is 10.4 Å². The molecule has 0 aliphatic rings. The molecular formula is C21H20N2O5S. The Morgan fingerprint density at radius 3 is 2.28 bits per heavy atom. The molecule has 3 rings (SSSR count). The Morgan fingerprint density at radius 1 is 0.862 bits per heavy atom. The van der Waals surface area contributed by atoms with Gasteiger partial charge in [0.25, 0.3) is 15.9 Å². The van der Waals surface area contributed by atoms with Crippen LogP contribution in [0.3, 0.4) is 0 Å². The maximum atomic E-state index is 12.6. The summed E-state index contributed by atoms with van der Waals surface area (Å²) >= 11 is 0. The molecule has 0 fully saturated rings. The van der Waals surface area contributed by atoms with Crippen LogP contribution in [0.2, 0.25) is 0 Å². The number of benzene rings is 3. The predicted octanol–water partition coefficient (Wildman–Crippen LogP) is 3.76. The average molecular weight is 412 g/mol. The molecule has 29 heavy (non-hydrogen) atoms. The van der Waals surface area contributed by atoms with E-state index in [-0.39, 0.29) is 10.8 Å². The second-order valence-electron chi connectivity index (χ2n) is 6.02. The lowest BCUT2D eigenvalue weighted by Gasteiger charge is -2.12. The van der Waals surface area contributed by atoms with E-state index in [1.807, 2.05) is 0 Å². The summed E-state index contributed by atoms with van der Waals surface area (Å²) in [6.07, 6.45) is 0. The van der Waals surface area contributed by atoms with Crippen molar-refractivity contribution in [1.29, 1.82) is 0 Å².